The minimum atomic E-state index is 0.0447. The fraction of sp³-hybridized carbons (Fsp3) is 0.500. The highest BCUT2D eigenvalue weighted by atomic mass is 32.1. The first kappa shape index (κ1) is 18.0. The molecule has 0 bridgehead atoms. The van der Waals surface area contributed by atoms with Gasteiger partial charge in [0, 0.05) is 49.4 Å². The van der Waals surface area contributed by atoms with E-state index in [-0.39, 0.29) is 5.91 Å². The molecule has 3 N–H and O–H groups in total. The van der Waals surface area contributed by atoms with Crippen molar-refractivity contribution in [3.8, 4) is 10.7 Å². The molecule has 2 aromatic heterocycles. The lowest BCUT2D eigenvalue weighted by Crippen LogP contribution is -2.46. The van der Waals surface area contributed by atoms with E-state index in [9.17, 15) is 4.79 Å². The maximum Gasteiger partial charge on any atom is 0.221 e. The van der Waals surface area contributed by atoms with Crippen LogP contribution in [-0.4, -0.2) is 46.5 Å². The predicted octanol–water partition coefficient (Wildman–Crippen LogP) is 2.02. The van der Waals surface area contributed by atoms with E-state index in [4.69, 9.17) is 5.73 Å². The number of carbonyl (C=O) groups excluding carboxylic acids is 1. The molecule has 2 aromatic rings. The Morgan fingerprint density at radius 3 is 3.08 bits per heavy atom. The second-order valence-corrected chi connectivity index (χ2v) is 7.42. The van der Waals surface area contributed by atoms with E-state index in [0.29, 0.717) is 25.6 Å². The molecule has 3 rings (SSSR count). The summed E-state index contributed by atoms with van der Waals surface area (Å²) in [6.45, 7) is 3.04. The maximum atomic E-state index is 11.7. The molecule has 1 aliphatic heterocycles. The van der Waals surface area contributed by atoms with E-state index in [1.165, 1.54) is 17.7 Å². The standard InChI is InChI=1S/C18H25N5OS/c19-8-7-17(24)21-11-14-5-2-4-10-23(14)13-15-12-22-18(25-15)16-6-1-3-9-20-16/h1,3,6,9,12,14H,2,4-5,7-8,10-11,13,19H2,(H,21,24). The number of pyridine rings is 1. The van der Waals surface area contributed by atoms with Crippen LogP contribution in [0.5, 0.6) is 0 Å². The lowest BCUT2D eigenvalue weighted by molar-refractivity contribution is -0.121. The Morgan fingerprint density at radius 1 is 1.36 bits per heavy atom. The second kappa shape index (κ2) is 9.03. The number of thiazole rings is 1. The molecule has 0 aliphatic carbocycles. The van der Waals surface area contributed by atoms with Crippen molar-refractivity contribution in [1.29, 1.82) is 0 Å². The van der Waals surface area contributed by atoms with Gasteiger partial charge in [0.25, 0.3) is 0 Å². The van der Waals surface area contributed by atoms with Gasteiger partial charge in [0.15, 0.2) is 0 Å². The van der Waals surface area contributed by atoms with Crippen LogP contribution in [0.3, 0.4) is 0 Å². The molecule has 25 heavy (non-hydrogen) atoms. The average Bonchev–Trinajstić information content (AvgIpc) is 3.11. The Bertz CT molecular complexity index is 675. The lowest BCUT2D eigenvalue weighted by Gasteiger charge is -2.35. The van der Waals surface area contributed by atoms with Crippen molar-refractivity contribution in [1.82, 2.24) is 20.2 Å². The number of hydrogen-bond acceptors (Lipinski definition) is 6. The summed E-state index contributed by atoms with van der Waals surface area (Å²) in [6, 6.07) is 6.26. The second-order valence-electron chi connectivity index (χ2n) is 6.31. The first-order valence-corrected chi connectivity index (χ1v) is 9.65. The Hall–Kier alpha value is -1.83. The summed E-state index contributed by atoms with van der Waals surface area (Å²) >= 11 is 1.70. The third-order valence-corrected chi connectivity index (χ3v) is 5.46. The van der Waals surface area contributed by atoms with Crippen LogP contribution in [-0.2, 0) is 11.3 Å². The molecule has 1 aliphatic rings. The Kier molecular flexibility index (Phi) is 6.49. The smallest absolute Gasteiger partial charge is 0.221 e. The van der Waals surface area contributed by atoms with E-state index >= 15 is 0 Å². The van der Waals surface area contributed by atoms with Gasteiger partial charge < -0.3 is 11.1 Å². The number of rotatable bonds is 7. The molecule has 6 nitrogen and oxygen atoms in total. The van der Waals surface area contributed by atoms with E-state index < -0.39 is 0 Å². The van der Waals surface area contributed by atoms with Crippen molar-refractivity contribution in [3.05, 3.63) is 35.5 Å². The minimum absolute atomic E-state index is 0.0447. The summed E-state index contributed by atoms with van der Waals surface area (Å²) in [5, 5.41) is 3.98. The average molecular weight is 359 g/mol. The van der Waals surface area contributed by atoms with Crippen LogP contribution in [0.15, 0.2) is 30.6 Å². The quantitative estimate of drug-likeness (QED) is 0.790. The van der Waals surface area contributed by atoms with Gasteiger partial charge >= 0.3 is 0 Å². The SMILES string of the molecule is NCCC(=O)NCC1CCCCN1Cc1cnc(-c2ccccn2)s1. The van der Waals surface area contributed by atoms with Crippen LogP contribution in [0.2, 0.25) is 0 Å². The van der Waals surface area contributed by atoms with Crippen molar-refractivity contribution >= 4 is 17.2 Å². The topological polar surface area (TPSA) is 84.1 Å². The molecule has 3 heterocycles. The van der Waals surface area contributed by atoms with Crippen LogP contribution >= 0.6 is 11.3 Å². The fourth-order valence-electron chi connectivity index (χ4n) is 3.14. The van der Waals surface area contributed by atoms with E-state index in [2.05, 4.69) is 20.2 Å². The summed E-state index contributed by atoms with van der Waals surface area (Å²) in [7, 11) is 0. The number of nitrogens with one attached hydrogen (secondary N) is 1. The van der Waals surface area contributed by atoms with Crippen molar-refractivity contribution in [2.45, 2.75) is 38.3 Å². The fourth-order valence-corrected chi connectivity index (χ4v) is 4.05. The first-order valence-electron chi connectivity index (χ1n) is 8.83. The molecule has 0 saturated carbocycles. The van der Waals surface area contributed by atoms with Crippen molar-refractivity contribution in [2.75, 3.05) is 19.6 Å². The summed E-state index contributed by atoms with van der Waals surface area (Å²) < 4.78 is 0. The highest BCUT2D eigenvalue weighted by Crippen LogP contribution is 2.26. The zero-order valence-corrected chi connectivity index (χ0v) is 15.2. The van der Waals surface area contributed by atoms with Gasteiger partial charge in [-0.25, -0.2) is 4.98 Å². The van der Waals surface area contributed by atoms with Crippen molar-refractivity contribution in [2.24, 2.45) is 5.73 Å². The zero-order valence-electron chi connectivity index (χ0n) is 14.4. The van der Waals surface area contributed by atoms with Gasteiger partial charge in [0.2, 0.25) is 5.91 Å². The normalized spacial score (nSPS) is 18.2. The Balaban J connectivity index is 1.60. The van der Waals surface area contributed by atoms with E-state index in [1.54, 1.807) is 17.5 Å². The molecule has 134 valence electrons. The molecule has 0 aromatic carbocycles. The largest absolute Gasteiger partial charge is 0.354 e. The number of piperidine rings is 1. The van der Waals surface area contributed by atoms with Crippen LogP contribution < -0.4 is 11.1 Å². The van der Waals surface area contributed by atoms with Crippen molar-refractivity contribution < 1.29 is 4.79 Å². The van der Waals surface area contributed by atoms with Crippen LogP contribution in [0, 0.1) is 0 Å². The zero-order chi connectivity index (χ0) is 17.5. The number of nitrogens with zero attached hydrogens (tertiary/aromatic N) is 3. The molecule has 0 spiro atoms. The minimum Gasteiger partial charge on any atom is -0.354 e. The highest BCUT2D eigenvalue weighted by molar-refractivity contribution is 7.14. The van der Waals surface area contributed by atoms with Crippen LogP contribution in [0.25, 0.3) is 10.7 Å². The summed E-state index contributed by atoms with van der Waals surface area (Å²) in [5.41, 5.74) is 6.36. The number of carbonyl (C=O) groups is 1. The van der Waals surface area contributed by atoms with Gasteiger partial charge in [0.05, 0.1) is 5.69 Å². The lowest BCUT2D eigenvalue weighted by atomic mass is 10.0. The molecule has 1 amide bonds. The number of likely N-dealkylation sites (tertiary alicyclic amines) is 1. The third-order valence-electron chi connectivity index (χ3n) is 4.45. The first-order chi connectivity index (χ1) is 12.3. The predicted molar refractivity (Wildman–Crippen MR) is 100 cm³/mol. The third kappa shape index (κ3) is 5.07. The monoisotopic (exact) mass is 359 g/mol. The van der Waals surface area contributed by atoms with Gasteiger partial charge in [-0.3, -0.25) is 14.7 Å². The summed E-state index contributed by atoms with van der Waals surface area (Å²) in [4.78, 5) is 24.3. The van der Waals surface area contributed by atoms with Gasteiger partial charge in [-0.05, 0) is 31.5 Å². The Morgan fingerprint density at radius 2 is 2.28 bits per heavy atom. The number of amides is 1. The van der Waals surface area contributed by atoms with Crippen LogP contribution in [0.1, 0.15) is 30.6 Å². The molecule has 0 radical (unpaired) electrons. The number of hydrogen-bond donors (Lipinski definition) is 2. The Labute approximate surface area is 152 Å². The van der Waals surface area contributed by atoms with Gasteiger partial charge in [0.1, 0.15) is 5.01 Å². The van der Waals surface area contributed by atoms with Gasteiger partial charge in [-0.2, -0.15) is 0 Å². The highest BCUT2D eigenvalue weighted by Gasteiger charge is 2.23. The molecule has 7 heteroatoms. The van der Waals surface area contributed by atoms with Crippen molar-refractivity contribution in [3.63, 3.8) is 0 Å². The molecule has 1 fully saturated rings. The van der Waals surface area contributed by atoms with Gasteiger partial charge in [-0.1, -0.05) is 12.5 Å². The van der Waals surface area contributed by atoms with Gasteiger partial charge in [-0.15, -0.1) is 11.3 Å². The molecule has 1 saturated heterocycles. The number of nitrogens with two attached hydrogens (primary N) is 1. The molecule has 1 unspecified atom stereocenters. The summed E-state index contributed by atoms with van der Waals surface area (Å²) in [6.07, 6.45) is 7.69. The van der Waals surface area contributed by atoms with Crippen LogP contribution in [0.4, 0.5) is 0 Å². The van der Waals surface area contributed by atoms with E-state index in [1.807, 2.05) is 24.4 Å². The maximum absolute atomic E-state index is 11.7. The molecular weight excluding hydrogens is 334 g/mol. The molecule has 1 atom stereocenters. The summed E-state index contributed by atoms with van der Waals surface area (Å²) in [5.74, 6) is 0.0447. The molecular formula is C18H25N5OS. The van der Waals surface area contributed by atoms with E-state index in [0.717, 1.165) is 30.2 Å². The number of aromatic nitrogens is 2.